The third-order valence-electron chi connectivity index (χ3n) is 5.14. The van der Waals surface area contributed by atoms with Crippen LogP contribution in [0.4, 0.5) is 13.2 Å². The SMILES string of the molecule is C[C@H](NC(=O)c1cc(-c2ccc(Cl)cc2)nc(-c2cnn(C)c2)n1)c1ccccc1C(F)(F)F. The molecule has 34 heavy (non-hydrogen) atoms. The Hall–Kier alpha value is -3.72. The molecule has 0 spiro atoms. The summed E-state index contributed by atoms with van der Waals surface area (Å²) in [4.78, 5) is 22.0. The fourth-order valence-electron chi connectivity index (χ4n) is 3.48. The predicted molar refractivity (Wildman–Crippen MR) is 122 cm³/mol. The van der Waals surface area contributed by atoms with Crippen LogP contribution in [0.15, 0.2) is 67.0 Å². The molecule has 0 bridgehead atoms. The topological polar surface area (TPSA) is 72.7 Å². The molecule has 0 saturated carbocycles. The van der Waals surface area contributed by atoms with E-state index in [1.54, 1.807) is 48.4 Å². The first-order chi connectivity index (χ1) is 16.1. The third kappa shape index (κ3) is 5.09. The number of aromatic nitrogens is 4. The van der Waals surface area contributed by atoms with Gasteiger partial charge < -0.3 is 5.32 Å². The molecule has 0 radical (unpaired) electrons. The fourth-order valence-corrected chi connectivity index (χ4v) is 3.60. The van der Waals surface area contributed by atoms with Crippen molar-refractivity contribution in [3.63, 3.8) is 0 Å². The lowest BCUT2D eigenvalue weighted by molar-refractivity contribution is -0.138. The number of carbonyl (C=O) groups is 1. The largest absolute Gasteiger partial charge is 0.416 e. The van der Waals surface area contributed by atoms with Gasteiger partial charge in [0.1, 0.15) is 5.69 Å². The first-order valence-electron chi connectivity index (χ1n) is 10.2. The van der Waals surface area contributed by atoms with Gasteiger partial charge in [0, 0.05) is 23.8 Å². The van der Waals surface area contributed by atoms with Crippen LogP contribution in [0.1, 0.15) is 34.6 Å². The minimum atomic E-state index is -4.54. The van der Waals surface area contributed by atoms with Gasteiger partial charge in [-0.3, -0.25) is 9.48 Å². The van der Waals surface area contributed by atoms with Gasteiger partial charge in [0.15, 0.2) is 5.82 Å². The molecular formula is C24H19ClF3N5O. The number of nitrogens with one attached hydrogen (secondary N) is 1. The number of alkyl halides is 3. The Labute approximate surface area is 198 Å². The molecule has 4 aromatic rings. The van der Waals surface area contributed by atoms with Crippen LogP contribution in [-0.2, 0) is 13.2 Å². The molecule has 2 aromatic carbocycles. The van der Waals surface area contributed by atoms with Gasteiger partial charge in [-0.05, 0) is 36.8 Å². The van der Waals surface area contributed by atoms with Crippen molar-refractivity contribution >= 4 is 17.5 Å². The maximum atomic E-state index is 13.4. The second-order valence-corrected chi connectivity index (χ2v) is 8.09. The summed E-state index contributed by atoms with van der Waals surface area (Å²) in [5.41, 5.74) is 0.907. The van der Waals surface area contributed by atoms with E-state index in [0.717, 1.165) is 6.07 Å². The van der Waals surface area contributed by atoms with Crippen LogP contribution in [0.3, 0.4) is 0 Å². The van der Waals surface area contributed by atoms with E-state index >= 15 is 0 Å². The van der Waals surface area contributed by atoms with Crippen molar-refractivity contribution in [2.75, 3.05) is 0 Å². The van der Waals surface area contributed by atoms with Gasteiger partial charge in [0.05, 0.1) is 29.1 Å². The maximum Gasteiger partial charge on any atom is 0.416 e. The van der Waals surface area contributed by atoms with Crippen LogP contribution in [0.25, 0.3) is 22.6 Å². The molecule has 2 heterocycles. The highest BCUT2D eigenvalue weighted by Gasteiger charge is 2.34. The molecule has 0 fully saturated rings. The zero-order chi connectivity index (χ0) is 24.5. The van der Waals surface area contributed by atoms with Gasteiger partial charge in [0.25, 0.3) is 5.91 Å². The normalized spacial score (nSPS) is 12.4. The van der Waals surface area contributed by atoms with Crippen LogP contribution >= 0.6 is 11.6 Å². The zero-order valence-electron chi connectivity index (χ0n) is 18.1. The van der Waals surface area contributed by atoms with Crippen molar-refractivity contribution in [1.82, 2.24) is 25.1 Å². The van der Waals surface area contributed by atoms with Crippen molar-refractivity contribution < 1.29 is 18.0 Å². The van der Waals surface area contributed by atoms with E-state index in [-0.39, 0.29) is 17.1 Å². The molecule has 4 rings (SSSR count). The average Bonchev–Trinajstić information content (AvgIpc) is 3.25. The lowest BCUT2D eigenvalue weighted by Crippen LogP contribution is -2.29. The van der Waals surface area contributed by atoms with Crippen molar-refractivity contribution in [2.24, 2.45) is 7.05 Å². The average molecular weight is 486 g/mol. The Balaban J connectivity index is 1.71. The van der Waals surface area contributed by atoms with E-state index in [0.29, 0.717) is 21.8 Å². The number of hydrogen-bond acceptors (Lipinski definition) is 4. The Kier molecular flexibility index (Phi) is 6.39. The molecule has 0 aliphatic rings. The predicted octanol–water partition coefficient (Wildman–Crippen LogP) is 5.71. The summed E-state index contributed by atoms with van der Waals surface area (Å²) in [7, 11) is 1.74. The molecule has 0 aliphatic carbocycles. The molecule has 0 saturated heterocycles. The van der Waals surface area contributed by atoms with Gasteiger partial charge in [-0.15, -0.1) is 0 Å². The summed E-state index contributed by atoms with van der Waals surface area (Å²) in [6, 6.07) is 12.6. The first-order valence-corrected chi connectivity index (χ1v) is 10.6. The Morgan fingerprint density at radius 2 is 1.76 bits per heavy atom. The van der Waals surface area contributed by atoms with E-state index in [9.17, 15) is 18.0 Å². The van der Waals surface area contributed by atoms with Crippen LogP contribution < -0.4 is 5.32 Å². The maximum absolute atomic E-state index is 13.4. The van der Waals surface area contributed by atoms with Crippen molar-refractivity contribution in [3.8, 4) is 22.6 Å². The number of nitrogens with zero attached hydrogens (tertiary/aromatic N) is 4. The molecule has 2 aromatic heterocycles. The second kappa shape index (κ2) is 9.26. The Bertz CT molecular complexity index is 1340. The minimum absolute atomic E-state index is 0.00939. The molecule has 1 amide bonds. The smallest absolute Gasteiger partial charge is 0.344 e. The third-order valence-corrected chi connectivity index (χ3v) is 5.39. The van der Waals surface area contributed by atoms with E-state index in [1.165, 1.54) is 31.2 Å². The fraction of sp³-hybridized carbons (Fsp3) is 0.167. The molecule has 0 aliphatic heterocycles. The number of hydrogen-bond donors (Lipinski definition) is 1. The minimum Gasteiger partial charge on any atom is -0.344 e. The highest BCUT2D eigenvalue weighted by Crippen LogP contribution is 2.34. The monoisotopic (exact) mass is 485 g/mol. The van der Waals surface area contributed by atoms with E-state index < -0.39 is 23.7 Å². The standard InChI is InChI=1S/C24H19ClF3N5O/c1-14(18-5-3-4-6-19(18)24(26,27)28)30-23(34)21-11-20(15-7-9-17(25)10-8-15)31-22(32-21)16-12-29-33(2)13-16/h3-14H,1-2H3,(H,30,34)/t14-/m0/s1. The van der Waals surface area contributed by atoms with Crippen LogP contribution in [0, 0.1) is 0 Å². The van der Waals surface area contributed by atoms with E-state index in [2.05, 4.69) is 20.4 Å². The highest BCUT2D eigenvalue weighted by atomic mass is 35.5. The second-order valence-electron chi connectivity index (χ2n) is 7.65. The summed E-state index contributed by atoms with van der Waals surface area (Å²) in [5.74, 6) is -0.374. The number of carbonyl (C=O) groups excluding carboxylic acids is 1. The quantitative estimate of drug-likeness (QED) is 0.393. The molecule has 6 nitrogen and oxygen atoms in total. The van der Waals surface area contributed by atoms with Crippen molar-refractivity contribution in [3.05, 3.63) is 88.8 Å². The number of aryl methyl sites for hydroxylation is 1. The van der Waals surface area contributed by atoms with Gasteiger partial charge in [-0.1, -0.05) is 41.9 Å². The lowest BCUT2D eigenvalue weighted by Gasteiger charge is -2.19. The van der Waals surface area contributed by atoms with Crippen LogP contribution in [0.2, 0.25) is 5.02 Å². The summed E-state index contributed by atoms with van der Waals surface area (Å²) in [5, 5.41) is 7.28. The Morgan fingerprint density at radius 3 is 2.41 bits per heavy atom. The van der Waals surface area contributed by atoms with E-state index in [1.807, 2.05) is 0 Å². The summed E-state index contributed by atoms with van der Waals surface area (Å²) < 4.78 is 41.9. The lowest BCUT2D eigenvalue weighted by atomic mass is 10.0. The summed E-state index contributed by atoms with van der Waals surface area (Å²) in [6.45, 7) is 1.49. The summed E-state index contributed by atoms with van der Waals surface area (Å²) in [6.07, 6.45) is -1.28. The van der Waals surface area contributed by atoms with Gasteiger partial charge >= 0.3 is 6.18 Å². The van der Waals surface area contributed by atoms with E-state index in [4.69, 9.17) is 11.6 Å². The van der Waals surface area contributed by atoms with Crippen LogP contribution in [-0.4, -0.2) is 25.7 Å². The van der Waals surface area contributed by atoms with Crippen LogP contribution in [0.5, 0.6) is 0 Å². The van der Waals surface area contributed by atoms with Gasteiger partial charge in [-0.2, -0.15) is 18.3 Å². The Morgan fingerprint density at radius 1 is 1.06 bits per heavy atom. The number of rotatable bonds is 5. The highest BCUT2D eigenvalue weighted by molar-refractivity contribution is 6.30. The van der Waals surface area contributed by atoms with Crippen molar-refractivity contribution in [1.29, 1.82) is 0 Å². The molecule has 10 heteroatoms. The zero-order valence-corrected chi connectivity index (χ0v) is 18.9. The first kappa shape index (κ1) is 23.4. The van der Waals surface area contributed by atoms with Gasteiger partial charge in [-0.25, -0.2) is 9.97 Å². The number of halogens is 4. The van der Waals surface area contributed by atoms with Crippen molar-refractivity contribution in [2.45, 2.75) is 19.1 Å². The summed E-state index contributed by atoms with van der Waals surface area (Å²) >= 11 is 5.98. The number of amides is 1. The van der Waals surface area contributed by atoms with Gasteiger partial charge in [0.2, 0.25) is 0 Å². The molecular weight excluding hydrogens is 467 g/mol. The molecule has 174 valence electrons. The number of benzene rings is 2. The molecule has 1 atom stereocenters. The molecule has 0 unspecified atom stereocenters. The molecule has 1 N–H and O–H groups in total.